The van der Waals surface area contributed by atoms with Crippen molar-refractivity contribution in [1.29, 1.82) is 0 Å². The van der Waals surface area contributed by atoms with Gasteiger partial charge in [-0.05, 0) is 0 Å². The standard InChI is InChI=1S/2Mo.3H4O7P2/c;;3*1-8(2,3)7-9(4,5)6/h;;3*(H2,1,2,3)(H2,4,5,6)/q2*+6;;;/p-12. The molecule has 29 heteroatoms. The van der Waals surface area contributed by atoms with E-state index in [2.05, 4.69) is 12.9 Å². The second-order valence-electron chi connectivity index (χ2n) is 2.93. The van der Waals surface area contributed by atoms with Gasteiger partial charge in [0.25, 0.3) is 0 Å². The molecular formula is Mo2O21P6. The van der Waals surface area contributed by atoms with E-state index in [1.165, 1.54) is 0 Å². The largest absolute Gasteiger partial charge is 6.00 e. The van der Waals surface area contributed by atoms with Crippen molar-refractivity contribution in [3.8, 4) is 0 Å². The van der Waals surface area contributed by atoms with Gasteiger partial charge in [-0.15, -0.1) is 0 Å². The minimum atomic E-state index is -5.68. The first-order chi connectivity index (χ1) is 11.1. The molecule has 0 aliphatic carbocycles. The van der Waals surface area contributed by atoms with Crippen molar-refractivity contribution in [3.05, 3.63) is 0 Å². The van der Waals surface area contributed by atoms with Crippen LogP contribution in [0.4, 0.5) is 0 Å². The maximum absolute atomic E-state index is 9.32. The van der Waals surface area contributed by atoms with Crippen molar-refractivity contribution in [2.45, 2.75) is 0 Å². The van der Waals surface area contributed by atoms with Gasteiger partial charge in [-0.1, -0.05) is 0 Å². The molecule has 0 fully saturated rings. The van der Waals surface area contributed by atoms with E-state index >= 15 is 0 Å². The van der Waals surface area contributed by atoms with Crippen LogP contribution in [0.25, 0.3) is 0 Å². The predicted octanol–water partition coefficient (Wildman–Crippen LogP) is -10.0. The molecule has 0 radical (unpaired) electrons. The van der Waals surface area contributed by atoms with Crippen LogP contribution in [0.1, 0.15) is 0 Å². The minimum absolute atomic E-state index is 0. The van der Waals surface area contributed by atoms with Gasteiger partial charge in [0.05, 0.1) is 46.9 Å². The third kappa shape index (κ3) is 58.8. The summed E-state index contributed by atoms with van der Waals surface area (Å²) in [5.41, 5.74) is 0. The number of phosphoric acid groups is 6. The van der Waals surface area contributed by atoms with Crippen molar-refractivity contribution in [2.24, 2.45) is 0 Å². The Hall–Kier alpha value is 2.16. The molecule has 0 spiro atoms. The van der Waals surface area contributed by atoms with Crippen LogP contribution < -0.4 is 58.7 Å². The molecule has 168 valence electrons. The van der Waals surface area contributed by atoms with Crippen LogP contribution in [-0.4, -0.2) is 0 Å². The van der Waals surface area contributed by atoms with Gasteiger partial charge in [0, 0.05) is 0 Å². The SMILES string of the molecule is O=P([O-])([O-])OP(=O)([O-])[O-].O=P([O-])([O-])OP(=O)([O-])[O-].O=P([O-])([O-])OP(=O)([O-])[O-].[Mo+6].[Mo+6]. The monoisotopic (exact) mass is 718 g/mol. The van der Waals surface area contributed by atoms with Crippen LogP contribution in [0, 0.1) is 0 Å². The van der Waals surface area contributed by atoms with E-state index < -0.39 is 46.9 Å². The quantitative estimate of drug-likeness (QED) is 0.182. The Balaban J connectivity index is -0.0000000960. The topological polar surface area (TPSA) is 407 Å². The van der Waals surface area contributed by atoms with Crippen LogP contribution in [-0.2, 0) is 82.5 Å². The second-order valence-corrected chi connectivity index (χ2v) is 10.3. The van der Waals surface area contributed by atoms with Gasteiger partial charge in [0.15, 0.2) is 0 Å². The third-order valence-corrected chi connectivity index (χ3v) is 5.40. The summed E-state index contributed by atoms with van der Waals surface area (Å²) in [5, 5.41) is 0. The van der Waals surface area contributed by atoms with Gasteiger partial charge in [0.2, 0.25) is 0 Å². The van der Waals surface area contributed by atoms with E-state index in [0.29, 0.717) is 0 Å². The summed E-state index contributed by atoms with van der Waals surface area (Å²) >= 11 is 0. The van der Waals surface area contributed by atoms with Gasteiger partial charge < -0.3 is 99.0 Å². The van der Waals surface area contributed by atoms with Gasteiger partial charge in [-0.25, -0.2) is 0 Å². The fourth-order valence-corrected chi connectivity index (χ4v) is 3.31. The first-order valence-electron chi connectivity index (χ1n) is 4.38. The molecule has 29 heavy (non-hydrogen) atoms. The first kappa shape index (κ1) is 41.4. The van der Waals surface area contributed by atoms with Crippen molar-refractivity contribution < 1.29 is 141 Å². The van der Waals surface area contributed by atoms with Crippen LogP contribution in [0.2, 0.25) is 0 Å². The summed E-state index contributed by atoms with van der Waals surface area (Å²) in [5.74, 6) is 0. The fraction of sp³-hybridized carbons (Fsp3) is 0. The van der Waals surface area contributed by atoms with Crippen molar-refractivity contribution in [3.63, 3.8) is 0 Å². The Morgan fingerprint density at radius 2 is 0.379 bits per heavy atom. The Kier molecular flexibility index (Phi) is 21.6. The fourth-order valence-electron chi connectivity index (χ4n) is 0.367. The molecule has 0 aliphatic heterocycles. The Morgan fingerprint density at radius 1 is 0.310 bits per heavy atom. The summed E-state index contributed by atoms with van der Waals surface area (Å²) < 4.78 is 63.5. The van der Waals surface area contributed by atoms with E-state index in [9.17, 15) is 86.1 Å². The van der Waals surface area contributed by atoms with Crippen molar-refractivity contribution in [2.75, 3.05) is 0 Å². The molecule has 0 bridgehead atoms. The molecule has 0 N–H and O–H groups in total. The van der Waals surface area contributed by atoms with Gasteiger partial charge in [-0.2, -0.15) is 0 Å². The molecule has 0 aromatic rings. The van der Waals surface area contributed by atoms with Gasteiger partial charge in [-0.3, -0.25) is 0 Å². The zero-order valence-corrected chi connectivity index (χ0v) is 21.5. The van der Waals surface area contributed by atoms with E-state index in [1.54, 1.807) is 0 Å². The van der Waals surface area contributed by atoms with Crippen molar-refractivity contribution >= 4 is 46.9 Å². The summed E-state index contributed by atoms with van der Waals surface area (Å²) in [6, 6.07) is 0. The average Bonchev–Trinajstić information content (AvgIpc) is 1.96. The maximum Gasteiger partial charge on any atom is 6.00 e. The number of rotatable bonds is 6. The normalized spacial score (nSPS) is 12.8. The molecule has 0 rings (SSSR count). The maximum atomic E-state index is 9.32. The Labute approximate surface area is 187 Å². The van der Waals surface area contributed by atoms with Crippen LogP contribution in [0.3, 0.4) is 0 Å². The summed E-state index contributed by atoms with van der Waals surface area (Å²) in [6.45, 7) is 0. The molecule has 0 amide bonds. The predicted molar refractivity (Wildman–Crippen MR) is 48.9 cm³/mol. The molecule has 0 atom stereocenters. The number of hydrogen-bond acceptors (Lipinski definition) is 21. The van der Waals surface area contributed by atoms with Gasteiger partial charge >= 0.3 is 42.1 Å². The Bertz CT molecular complexity index is 552. The van der Waals surface area contributed by atoms with E-state index in [4.69, 9.17) is 0 Å². The molecule has 0 heterocycles. The average molecular weight is 714 g/mol. The molecular weight excluding hydrogens is 714 g/mol. The molecule has 0 saturated carbocycles. The second kappa shape index (κ2) is 15.1. The smallest absolute Gasteiger partial charge is 0.790 e. The molecule has 0 saturated heterocycles. The molecule has 0 aromatic heterocycles. The zero-order valence-electron chi connectivity index (χ0n) is 12.1. The van der Waals surface area contributed by atoms with Crippen LogP contribution in [0.15, 0.2) is 0 Å². The summed E-state index contributed by atoms with van der Waals surface area (Å²) in [7, 11) is -34.1. The molecule has 21 nitrogen and oxygen atoms in total. The van der Waals surface area contributed by atoms with E-state index in [-0.39, 0.29) is 42.1 Å². The summed E-state index contributed by atoms with van der Waals surface area (Å²) in [4.78, 5) is 112. The van der Waals surface area contributed by atoms with Crippen molar-refractivity contribution in [1.82, 2.24) is 0 Å². The first-order valence-corrected chi connectivity index (χ1v) is 13.1. The van der Waals surface area contributed by atoms with Gasteiger partial charge in [0.1, 0.15) is 0 Å². The molecule has 0 aromatic carbocycles. The third-order valence-electron chi connectivity index (χ3n) is 0.600. The summed E-state index contributed by atoms with van der Waals surface area (Å²) in [6.07, 6.45) is 0. The van der Waals surface area contributed by atoms with Crippen LogP contribution >= 0.6 is 46.9 Å². The van der Waals surface area contributed by atoms with E-state index in [1.807, 2.05) is 0 Å². The Morgan fingerprint density at radius 3 is 0.379 bits per heavy atom. The minimum Gasteiger partial charge on any atom is -0.790 e. The zero-order chi connectivity index (χ0) is 23.1. The van der Waals surface area contributed by atoms with E-state index in [0.717, 1.165) is 0 Å². The molecule has 0 unspecified atom stereocenters. The molecule has 0 aliphatic rings. The number of hydrogen-bond donors (Lipinski definition) is 0. The van der Waals surface area contributed by atoms with Crippen LogP contribution in [0.5, 0.6) is 0 Å².